The molecule has 1 atom stereocenters. The predicted octanol–water partition coefficient (Wildman–Crippen LogP) is 3.51. The van der Waals surface area contributed by atoms with Gasteiger partial charge in [0.15, 0.2) is 6.10 Å². The van der Waals surface area contributed by atoms with Crippen LogP contribution in [0.5, 0.6) is 5.75 Å². The van der Waals surface area contributed by atoms with Crippen LogP contribution in [0, 0.1) is 10.1 Å². The van der Waals surface area contributed by atoms with Crippen molar-refractivity contribution in [1.82, 2.24) is 4.98 Å². The molecule has 27 heavy (non-hydrogen) atoms. The zero-order chi connectivity index (χ0) is 19.6. The summed E-state index contributed by atoms with van der Waals surface area (Å²) >= 11 is 0. The van der Waals surface area contributed by atoms with E-state index in [4.69, 9.17) is 9.47 Å². The summed E-state index contributed by atoms with van der Waals surface area (Å²) in [5.74, 6) is -1.14. The lowest BCUT2D eigenvalue weighted by Gasteiger charge is -2.13. The molecular formula is C19H16N2O6. The van der Waals surface area contributed by atoms with E-state index in [9.17, 15) is 19.7 Å². The molecule has 0 saturated carbocycles. The normalized spacial score (nSPS) is 11.8. The van der Waals surface area contributed by atoms with Gasteiger partial charge in [-0.1, -0.05) is 18.2 Å². The quantitative estimate of drug-likeness (QED) is 0.308. The first-order chi connectivity index (χ1) is 12.9. The SMILES string of the molecule is COc1ccc([N+](=O)[O-])cc1C(=O)O[C@H](C)C(=O)c1c[nH]c2ccccc12. The van der Waals surface area contributed by atoms with E-state index in [0.29, 0.717) is 5.56 Å². The number of esters is 1. The fourth-order valence-corrected chi connectivity index (χ4v) is 2.74. The van der Waals surface area contributed by atoms with Gasteiger partial charge in [0, 0.05) is 34.8 Å². The molecule has 0 fully saturated rings. The first-order valence-corrected chi connectivity index (χ1v) is 8.06. The Labute approximate surface area is 153 Å². The molecule has 1 heterocycles. The molecule has 8 nitrogen and oxygen atoms in total. The molecule has 0 amide bonds. The number of Topliss-reactive ketones (excluding diaryl/α,β-unsaturated/α-hetero) is 1. The van der Waals surface area contributed by atoms with Crippen molar-refractivity contribution in [3.63, 3.8) is 0 Å². The number of aromatic amines is 1. The molecule has 138 valence electrons. The van der Waals surface area contributed by atoms with E-state index in [0.717, 1.165) is 17.0 Å². The topological polar surface area (TPSA) is 112 Å². The van der Waals surface area contributed by atoms with Crippen LogP contribution in [-0.4, -0.2) is 34.9 Å². The summed E-state index contributed by atoms with van der Waals surface area (Å²) < 4.78 is 10.3. The summed E-state index contributed by atoms with van der Waals surface area (Å²) in [6.45, 7) is 1.45. The number of hydrogen-bond acceptors (Lipinski definition) is 6. The Morgan fingerprint density at radius 2 is 1.89 bits per heavy atom. The number of methoxy groups -OCH3 is 1. The summed E-state index contributed by atoms with van der Waals surface area (Å²) in [4.78, 5) is 38.4. The Morgan fingerprint density at radius 1 is 1.15 bits per heavy atom. The minimum Gasteiger partial charge on any atom is -0.496 e. The molecule has 3 rings (SSSR count). The van der Waals surface area contributed by atoms with Gasteiger partial charge in [0.25, 0.3) is 5.69 Å². The Bertz CT molecular complexity index is 1040. The van der Waals surface area contributed by atoms with Crippen LogP contribution in [0.25, 0.3) is 10.9 Å². The maximum absolute atomic E-state index is 12.7. The molecule has 2 aromatic carbocycles. The van der Waals surface area contributed by atoms with Crippen LogP contribution >= 0.6 is 0 Å². The first-order valence-electron chi connectivity index (χ1n) is 8.06. The third kappa shape index (κ3) is 3.50. The molecule has 1 aromatic heterocycles. The standard InChI is InChI=1S/C19H16N2O6/c1-11(18(22)15-10-20-16-6-4-3-5-13(15)16)27-19(23)14-9-12(21(24)25)7-8-17(14)26-2/h3-11,20H,1-2H3/t11-/m1/s1. The van der Waals surface area contributed by atoms with Gasteiger partial charge in [0.1, 0.15) is 11.3 Å². The summed E-state index contributed by atoms with van der Waals surface area (Å²) in [5.41, 5.74) is 0.792. The van der Waals surface area contributed by atoms with Gasteiger partial charge in [-0.25, -0.2) is 4.79 Å². The summed E-state index contributed by atoms with van der Waals surface area (Å²) in [7, 11) is 1.33. The van der Waals surface area contributed by atoms with Crippen molar-refractivity contribution in [3.8, 4) is 5.75 Å². The number of fused-ring (bicyclic) bond motifs is 1. The molecule has 0 aliphatic carbocycles. The van der Waals surface area contributed by atoms with E-state index in [1.54, 1.807) is 18.3 Å². The number of H-pyrrole nitrogens is 1. The second-order valence-electron chi connectivity index (χ2n) is 5.80. The number of aromatic nitrogens is 1. The van der Waals surface area contributed by atoms with Crippen molar-refractivity contribution < 1.29 is 24.0 Å². The summed E-state index contributed by atoms with van der Waals surface area (Å²) in [6, 6.07) is 10.8. The van der Waals surface area contributed by atoms with Crippen LogP contribution in [0.1, 0.15) is 27.6 Å². The van der Waals surface area contributed by atoms with Crippen LogP contribution in [0.3, 0.4) is 0 Å². The van der Waals surface area contributed by atoms with E-state index in [1.807, 2.05) is 12.1 Å². The Kier molecular flexibility index (Phi) is 4.89. The van der Waals surface area contributed by atoms with Gasteiger partial charge >= 0.3 is 5.97 Å². The zero-order valence-electron chi connectivity index (χ0n) is 14.6. The third-order valence-electron chi connectivity index (χ3n) is 4.12. The van der Waals surface area contributed by atoms with E-state index in [-0.39, 0.29) is 22.8 Å². The monoisotopic (exact) mass is 368 g/mol. The van der Waals surface area contributed by atoms with Gasteiger partial charge in [-0.15, -0.1) is 0 Å². The first kappa shape index (κ1) is 18.1. The van der Waals surface area contributed by atoms with Gasteiger partial charge in [0.05, 0.1) is 12.0 Å². The molecule has 0 aliphatic rings. The second kappa shape index (κ2) is 7.28. The van der Waals surface area contributed by atoms with Crippen LogP contribution < -0.4 is 4.74 Å². The molecular weight excluding hydrogens is 352 g/mol. The average molecular weight is 368 g/mol. The van der Waals surface area contributed by atoms with E-state index >= 15 is 0 Å². The van der Waals surface area contributed by atoms with Gasteiger partial charge < -0.3 is 14.5 Å². The highest BCUT2D eigenvalue weighted by Crippen LogP contribution is 2.26. The number of rotatable bonds is 6. The van der Waals surface area contributed by atoms with Gasteiger partial charge in [-0.3, -0.25) is 14.9 Å². The second-order valence-corrected chi connectivity index (χ2v) is 5.80. The molecule has 0 aliphatic heterocycles. The number of nitro benzene ring substituents is 1. The molecule has 0 unspecified atom stereocenters. The number of benzene rings is 2. The lowest BCUT2D eigenvalue weighted by atomic mass is 10.1. The predicted molar refractivity (Wildman–Crippen MR) is 97.2 cm³/mol. The molecule has 0 spiro atoms. The Balaban J connectivity index is 1.84. The summed E-state index contributed by atoms with van der Waals surface area (Å²) in [6.07, 6.45) is 0.478. The zero-order valence-corrected chi connectivity index (χ0v) is 14.6. The number of carbonyl (C=O) groups is 2. The lowest BCUT2D eigenvalue weighted by molar-refractivity contribution is -0.384. The highest BCUT2D eigenvalue weighted by Gasteiger charge is 2.25. The number of ether oxygens (including phenoxy) is 2. The van der Waals surface area contributed by atoms with Crippen LogP contribution in [0.15, 0.2) is 48.7 Å². The Morgan fingerprint density at radius 3 is 2.59 bits per heavy atom. The number of ketones is 1. The number of nitrogens with one attached hydrogen (secondary N) is 1. The number of para-hydroxylation sites is 1. The lowest BCUT2D eigenvalue weighted by Crippen LogP contribution is -2.24. The molecule has 0 saturated heterocycles. The third-order valence-corrected chi connectivity index (χ3v) is 4.12. The maximum atomic E-state index is 12.7. The Hall–Kier alpha value is -3.68. The van der Waals surface area contributed by atoms with Gasteiger partial charge in [-0.05, 0) is 19.1 Å². The highest BCUT2D eigenvalue weighted by molar-refractivity contribution is 6.10. The number of nitrogens with zero attached hydrogens (tertiary/aromatic N) is 1. The van der Waals surface area contributed by atoms with Crippen molar-refractivity contribution in [1.29, 1.82) is 0 Å². The molecule has 3 aromatic rings. The van der Waals surface area contributed by atoms with Crippen LogP contribution in [0.2, 0.25) is 0 Å². The van der Waals surface area contributed by atoms with Crippen LogP contribution in [0.4, 0.5) is 5.69 Å². The minimum absolute atomic E-state index is 0.120. The minimum atomic E-state index is -1.08. The number of carbonyl (C=O) groups excluding carboxylic acids is 2. The fourth-order valence-electron chi connectivity index (χ4n) is 2.74. The molecule has 0 radical (unpaired) electrons. The van der Waals surface area contributed by atoms with Crippen molar-refractivity contribution in [2.24, 2.45) is 0 Å². The van der Waals surface area contributed by atoms with Gasteiger partial charge in [-0.2, -0.15) is 0 Å². The van der Waals surface area contributed by atoms with Crippen molar-refractivity contribution in [3.05, 3.63) is 69.9 Å². The van der Waals surface area contributed by atoms with Gasteiger partial charge in [0.2, 0.25) is 5.78 Å². The highest BCUT2D eigenvalue weighted by atomic mass is 16.6. The van der Waals surface area contributed by atoms with Crippen molar-refractivity contribution in [2.45, 2.75) is 13.0 Å². The van der Waals surface area contributed by atoms with Crippen molar-refractivity contribution >= 4 is 28.3 Å². The van der Waals surface area contributed by atoms with Crippen LogP contribution in [-0.2, 0) is 4.74 Å². The molecule has 1 N–H and O–H groups in total. The molecule has 8 heteroatoms. The van der Waals surface area contributed by atoms with E-state index in [2.05, 4.69) is 4.98 Å². The number of hydrogen-bond donors (Lipinski definition) is 1. The number of non-ortho nitro benzene ring substituents is 1. The summed E-state index contributed by atoms with van der Waals surface area (Å²) in [5, 5.41) is 11.7. The van der Waals surface area contributed by atoms with E-state index in [1.165, 1.54) is 26.2 Å². The molecule has 0 bridgehead atoms. The fraction of sp³-hybridized carbons (Fsp3) is 0.158. The van der Waals surface area contributed by atoms with Crippen molar-refractivity contribution in [2.75, 3.05) is 7.11 Å². The van der Waals surface area contributed by atoms with E-state index < -0.39 is 17.0 Å². The average Bonchev–Trinajstić information content (AvgIpc) is 3.10. The smallest absolute Gasteiger partial charge is 0.342 e. The maximum Gasteiger partial charge on any atom is 0.342 e. The largest absolute Gasteiger partial charge is 0.496 e. The number of nitro groups is 1.